The maximum Gasteiger partial charge on any atom is 0.320 e. The van der Waals surface area contributed by atoms with Crippen molar-refractivity contribution < 1.29 is 19.5 Å². The van der Waals surface area contributed by atoms with Crippen LogP contribution in [0.25, 0.3) is 0 Å². The van der Waals surface area contributed by atoms with E-state index in [0.717, 1.165) is 0 Å². The standard InChI is InChI=1S/C14H17N3O4/c1-16-6-7-17(13(19)12(16)18)11-5-3-2-4-9(11)8-10(15)14(20)21/h2-5,10H,6-8,15H2,1H3,(H,20,21). The lowest BCUT2D eigenvalue weighted by Crippen LogP contribution is -2.53. The molecule has 0 saturated carbocycles. The Morgan fingerprint density at radius 1 is 1.29 bits per heavy atom. The first-order chi connectivity index (χ1) is 9.91. The second kappa shape index (κ2) is 5.92. The summed E-state index contributed by atoms with van der Waals surface area (Å²) in [5.74, 6) is -2.29. The van der Waals surface area contributed by atoms with Crippen molar-refractivity contribution in [3.05, 3.63) is 29.8 Å². The first-order valence-electron chi connectivity index (χ1n) is 6.55. The predicted octanol–water partition coefficient (Wildman–Crippen LogP) is -0.554. The maximum absolute atomic E-state index is 12.1. The predicted molar refractivity (Wildman–Crippen MR) is 75.7 cm³/mol. The van der Waals surface area contributed by atoms with Gasteiger partial charge in [0.25, 0.3) is 0 Å². The van der Waals surface area contributed by atoms with E-state index in [1.54, 1.807) is 31.3 Å². The summed E-state index contributed by atoms with van der Waals surface area (Å²) < 4.78 is 0. The molecular weight excluding hydrogens is 274 g/mol. The Hall–Kier alpha value is -2.41. The highest BCUT2D eigenvalue weighted by atomic mass is 16.4. The van der Waals surface area contributed by atoms with Gasteiger partial charge in [-0.15, -0.1) is 0 Å². The summed E-state index contributed by atoms with van der Waals surface area (Å²) in [6.07, 6.45) is 0.0965. The number of aliphatic carboxylic acids is 1. The molecule has 1 atom stereocenters. The number of hydrogen-bond donors (Lipinski definition) is 2. The van der Waals surface area contributed by atoms with Gasteiger partial charge in [0.1, 0.15) is 6.04 Å². The van der Waals surface area contributed by atoms with E-state index in [0.29, 0.717) is 24.3 Å². The van der Waals surface area contributed by atoms with Gasteiger partial charge in [-0.05, 0) is 11.6 Å². The molecule has 0 aromatic heterocycles. The second-order valence-electron chi connectivity index (χ2n) is 4.96. The molecule has 0 bridgehead atoms. The number of hydrogen-bond acceptors (Lipinski definition) is 4. The van der Waals surface area contributed by atoms with Crippen LogP contribution < -0.4 is 10.6 Å². The van der Waals surface area contributed by atoms with Gasteiger partial charge in [-0.25, -0.2) is 0 Å². The highest BCUT2D eigenvalue weighted by molar-refractivity contribution is 6.41. The first kappa shape index (κ1) is 15.0. The quantitative estimate of drug-likeness (QED) is 0.724. The van der Waals surface area contributed by atoms with Crippen LogP contribution in [0.4, 0.5) is 5.69 Å². The highest BCUT2D eigenvalue weighted by Gasteiger charge is 2.32. The van der Waals surface area contributed by atoms with E-state index in [-0.39, 0.29) is 6.42 Å². The van der Waals surface area contributed by atoms with Crippen LogP contribution in [0.5, 0.6) is 0 Å². The molecule has 1 unspecified atom stereocenters. The first-order valence-corrected chi connectivity index (χ1v) is 6.55. The van der Waals surface area contributed by atoms with Gasteiger partial charge in [-0.3, -0.25) is 14.4 Å². The molecule has 7 nitrogen and oxygen atoms in total. The number of carbonyl (C=O) groups excluding carboxylic acids is 2. The maximum atomic E-state index is 12.1. The fourth-order valence-electron chi connectivity index (χ4n) is 2.23. The van der Waals surface area contributed by atoms with E-state index in [4.69, 9.17) is 10.8 Å². The molecule has 21 heavy (non-hydrogen) atoms. The Kier molecular flexibility index (Phi) is 4.23. The van der Waals surface area contributed by atoms with E-state index in [1.165, 1.54) is 9.80 Å². The Balaban J connectivity index is 2.30. The normalized spacial score (nSPS) is 17.0. The average Bonchev–Trinajstić information content (AvgIpc) is 2.46. The number of anilines is 1. The molecule has 2 amide bonds. The van der Waals surface area contributed by atoms with Crippen molar-refractivity contribution in [2.45, 2.75) is 12.5 Å². The van der Waals surface area contributed by atoms with E-state index in [2.05, 4.69) is 0 Å². The monoisotopic (exact) mass is 291 g/mol. The molecule has 1 aliphatic rings. The fourth-order valence-corrected chi connectivity index (χ4v) is 2.23. The Labute approximate surface area is 121 Å². The average molecular weight is 291 g/mol. The molecule has 7 heteroatoms. The SMILES string of the molecule is CN1CCN(c2ccccc2CC(N)C(=O)O)C(=O)C1=O. The van der Waals surface area contributed by atoms with E-state index in [9.17, 15) is 14.4 Å². The third-order valence-electron chi connectivity index (χ3n) is 3.47. The number of carboxylic acids is 1. The number of para-hydroxylation sites is 1. The molecular formula is C14H17N3O4. The van der Waals surface area contributed by atoms with Crippen LogP contribution in [0, 0.1) is 0 Å². The number of amides is 2. The second-order valence-corrected chi connectivity index (χ2v) is 4.96. The minimum absolute atomic E-state index is 0.0965. The van der Waals surface area contributed by atoms with Crippen LogP contribution >= 0.6 is 0 Å². The summed E-state index contributed by atoms with van der Waals surface area (Å²) in [5.41, 5.74) is 6.73. The van der Waals surface area contributed by atoms with Crippen LogP contribution in [0.3, 0.4) is 0 Å². The van der Waals surface area contributed by atoms with Crippen molar-refractivity contribution >= 4 is 23.5 Å². The largest absolute Gasteiger partial charge is 0.480 e. The van der Waals surface area contributed by atoms with Gasteiger partial charge in [0.15, 0.2) is 0 Å². The fraction of sp³-hybridized carbons (Fsp3) is 0.357. The Morgan fingerprint density at radius 2 is 1.95 bits per heavy atom. The highest BCUT2D eigenvalue weighted by Crippen LogP contribution is 2.23. The van der Waals surface area contributed by atoms with Gasteiger partial charge < -0.3 is 20.6 Å². The van der Waals surface area contributed by atoms with Gasteiger partial charge in [-0.1, -0.05) is 18.2 Å². The Morgan fingerprint density at radius 3 is 2.62 bits per heavy atom. The number of piperazine rings is 1. The number of likely N-dealkylation sites (N-methyl/N-ethyl adjacent to an activating group) is 1. The smallest absolute Gasteiger partial charge is 0.320 e. The van der Waals surface area contributed by atoms with Crippen LogP contribution in [0.15, 0.2) is 24.3 Å². The number of nitrogens with zero attached hydrogens (tertiary/aromatic N) is 2. The van der Waals surface area contributed by atoms with Gasteiger partial charge in [-0.2, -0.15) is 0 Å². The summed E-state index contributed by atoms with van der Waals surface area (Å²) in [5, 5.41) is 8.91. The third kappa shape index (κ3) is 3.03. The van der Waals surface area contributed by atoms with Gasteiger partial charge in [0.05, 0.1) is 0 Å². The molecule has 1 fully saturated rings. The molecule has 1 heterocycles. The number of nitrogens with two attached hydrogens (primary N) is 1. The number of carboxylic acid groups (broad SMARTS) is 1. The molecule has 2 rings (SSSR count). The molecule has 3 N–H and O–H groups in total. The van der Waals surface area contributed by atoms with Crippen molar-refractivity contribution in [1.82, 2.24) is 4.90 Å². The van der Waals surface area contributed by atoms with Crippen LogP contribution in [-0.4, -0.2) is 54.0 Å². The molecule has 0 aliphatic carbocycles. The molecule has 1 aromatic rings. The summed E-state index contributed by atoms with van der Waals surface area (Å²) in [6.45, 7) is 0.810. The minimum Gasteiger partial charge on any atom is -0.480 e. The minimum atomic E-state index is -1.11. The van der Waals surface area contributed by atoms with Crippen LogP contribution in [0.1, 0.15) is 5.56 Å². The molecule has 0 spiro atoms. The summed E-state index contributed by atoms with van der Waals surface area (Å²) in [4.78, 5) is 37.5. The number of benzene rings is 1. The van der Waals surface area contributed by atoms with Crippen molar-refractivity contribution in [2.24, 2.45) is 5.73 Å². The zero-order valence-electron chi connectivity index (χ0n) is 11.7. The number of rotatable bonds is 4. The molecule has 1 saturated heterocycles. The van der Waals surface area contributed by atoms with Crippen molar-refractivity contribution in [3.8, 4) is 0 Å². The molecule has 0 radical (unpaired) electrons. The van der Waals surface area contributed by atoms with Crippen molar-refractivity contribution in [2.75, 3.05) is 25.0 Å². The van der Waals surface area contributed by atoms with Crippen molar-refractivity contribution in [3.63, 3.8) is 0 Å². The zero-order valence-corrected chi connectivity index (χ0v) is 11.7. The summed E-state index contributed by atoms with van der Waals surface area (Å²) in [6, 6.07) is 5.84. The molecule has 1 aromatic carbocycles. The van der Waals surface area contributed by atoms with Crippen LogP contribution in [-0.2, 0) is 20.8 Å². The van der Waals surface area contributed by atoms with Gasteiger partial charge in [0, 0.05) is 32.2 Å². The Bertz CT molecular complexity index is 587. The summed E-state index contributed by atoms with van der Waals surface area (Å²) in [7, 11) is 1.57. The summed E-state index contributed by atoms with van der Waals surface area (Å²) >= 11 is 0. The van der Waals surface area contributed by atoms with Gasteiger partial charge >= 0.3 is 17.8 Å². The van der Waals surface area contributed by atoms with E-state index >= 15 is 0 Å². The van der Waals surface area contributed by atoms with E-state index in [1.807, 2.05) is 0 Å². The lowest BCUT2D eigenvalue weighted by Gasteiger charge is -2.32. The van der Waals surface area contributed by atoms with Crippen molar-refractivity contribution in [1.29, 1.82) is 0 Å². The number of carbonyl (C=O) groups is 3. The van der Waals surface area contributed by atoms with E-state index < -0.39 is 23.8 Å². The lowest BCUT2D eigenvalue weighted by atomic mass is 10.0. The third-order valence-corrected chi connectivity index (χ3v) is 3.47. The molecule has 112 valence electrons. The van der Waals surface area contributed by atoms with Crippen LogP contribution in [0.2, 0.25) is 0 Å². The lowest BCUT2D eigenvalue weighted by molar-refractivity contribution is -0.145. The topological polar surface area (TPSA) is 104 Å². The molecule has 1 aliphatic heterocycles. The zero-order chi connectivity index (χ0) is 15.6. The van der Waals surface area contributed by atoms with Gasteiger partial charge in [0.2, 0.25) is 0 Å².